The molecule has 6 nitrogen and oxygen atoms in total. The number of nitrogens with zero attached hydrogens (tertiary/aromatic N) is 3. The van der Waals surface area contributed by atoms with Gasteiger partial charge in [0.15, 0.2) is 5.82 Å². The lowest BCUT2D eigenvalue weighted by Crippen LogP contribution is -2.17. The molecule has 142 valence electrons. The molecule has 27 heavy (non-hydrogen) atoms. The van der Waals surface area contributed by atoms with Crippen LogP contribution in [0.2, 0.25) is 0 Å². The van der Waals surface area contributed by atoms with Gasteiger partial charge in [0, 0.05) is 18.3 Å². The standard InChI is InChI=1S/C20H24N4O2S/c1-12-13(2)15(4)19(16(5)14(12)3)27(25,26)23-18-9-7-17(8-10-18)20-22-21-11-24(20)6/h7-11,23H,1-6H3. The minimum absolute atomic E-state index is 0.362. The highest BCUT2D eigenvalue weighted by atomic mass is 32.2. The Labute approximate surface area is 160 Å². The second-order valence-corrected chi connectivity index (χ2v) is 8.52. The van der Waals surface area contributed by atoms with Crippen LogP contribution in [-0.2, 0) is 17.1 Å². The van der Waals surface area contributed by atoms with Crippen molar-refractivity contribution in [3.8, 4) is 11.4 Å². The topological polar surface area (TPSA) is 76.9 Å². The van der Waals surface area contributed by atoms with E-state index in [9.17, 15) is 8.42 Å². The summed E-state index contributed by atoms with van der Waals surface area (Å²) in [6.07, 6.45) is 1.62. The van der Waals surface area contributed by atoms with Crippen LogP contribution in [0.5, 0.6) is 0 Å². The Hall–Kier alpha value is -2.67. The summed E-state index contributed by atoms with van der Waals surface area (Å²) in [5.74, 6) is 0.723. The zero-order chi connectivity index (χ0) is 19.9. The number of benzene rings is 2. The van der Waals surface area contributed by atoms with Gasteiger partial charge in [-0.05, 0) is 86.7 Å². The smallest absolute Gasteiger partial charge is 0.262 e. The number of hydrogen-bond donors (Lipinski definition) is 1. The maximum atomic E-state index is 13.1. The molecule has 0 aliphatic heterocycles. The number of rotatable bonds is 4. The minimum atomic E-state index is -3.69. The predicted molar refractivity (Wildman–Crippen MR) is 107 cm³/mol. The van der Waals surface area contributed by atoms with Gasteiger partial charge in [-0.25, -0.2) is 8.42 Å². The summed E-state index contributed by atoms with van der Waals surface area (Å²) in [4.78, 5) is 0.362. The molecule has 0 aliphatic carbocycles. The molecule has 0 spiro atoms. The number of aryl methyl sites for hydroxylation is 1. The van der Waals surface area contributed by atoms with Crippen LogP contribution >= 0.6 is 0 Å². The van der Waals surface area contributed by atoms with Gasteiger partial charge in [-0.15, -0.1) is 10.2 Å². The van der Waals surface area contributed by atoms with Crippen molar-refractivity contribution in [2.45, 2.75) is 39.5 Å². The molecular weight excluding hydrogens is 360 g/mol. The Morgan fingerprint density at radius 1 is 0.852 bits per heavy atom. The van der Waals surface area contributed by atoms with Crippen LogP contribution in [-0.4, -0.2) is 23.2 Å². The molecule has 2 aromatic carbocycles. The molecular formula is C20H24N4O2S. The number of sulfonamides is 1. The van der Waals surface area contributed by atoms with Crippen molar-refractivity contribution in [2.75, 3.05) is 4.72 Å². The summed E-state index contributed by atoms with van der Waals surface area (Å²) >= 11 is 0. The van der Waals surface area contributed by atoms with Crippen LogP contribution < -0.4 is 4.72 Å². The second kappa shape index (κ2) is 6.81. The number of nitrogens with one attached hydrogen (secondary N) is 1. The number of aromatic nitrogens is 3. The molecule has 0 amide bonds. The first-order valence-corrected chi connectivity index (χ1v) is 10.2. The Morgan fingerprint density at radius 3 is 1.85 bits per heavy atom. The molecule has 1 N–H and O–H groups in total. The van der Waals surface area contributed by atoms with E-state index in [1.807, 2.05) is 58.4 Å². The van der Waals surface area contributed by atoms with Gasteiger partial charge in [-0.2, -0.15) is 0 Å². The predicted octanol–water partition coefficient (Wildman–Crippen LogP) is 3.83. The number of anilines is 1. The van der Waals surface area contributed by atoms with Crippen molar-refractivity contribution in [3.63, 3.8) is 0 Å². The Balaban J connectivity index is 1.98. The molecule has 1 heterocycles. The third-order valence-corrected chi connectivity index (χ3v) is 6.96. The summed E-state index contributed by atoms with van der Waals surface area (Å²) in [5, 5.41) is 7.93. The molecule has 0 saturated carbocycles. The molecule has 0 saturated heterocycles. The van der Waals surface area contributed by atoms with Gasteiger partial charge in [0.1, 0.15) is 6.33 Å². The number of hydrogen-bond acceptors (Lipinski definition) is 4. The van der Waals surface area contributed by atoms with Crippen LogP contribution in [0, 0.1) is 34.6 Å². The van der Waals surface area contributed by atoms with Crippen LogP contribution in [0.3, 0.4) is 0 Å². The van der Waals surface area contributed by atoms with Crippen molar-refractivity contribution in [1.29, 1.82) is 0 Å². The highest BCUT2D eigenvalue weighted by Gasteiger charge is 2.23. The molecule has 0 unspecified atom stereocenters. The highest BCUT2D eigenvalue weighted by Crippen LogP contribution is 2.31. The Bertz CT molecular complexity index is 1080. The van der Waals surface area contributed by atoms with Gasteiger partial charge < -0.3 is 4.57 Å². The normalized spacial score (nSPS) is 11.6. The van der Waals surface area contributed by atoms with Crippen LogP contribution in [0.4, 0.5) is 5.69 Å². The molecule has 3 aromatic rings. The van der Waals surface area contributed by atoms with E-state index in [1.165, 1.54) is 0 Å². The summed E-state index contributed by atoms with van der Waals surface area (Å²) in [7, 11) is -1.83. The van der Waals surface area contributed by atoms with E-state index in [0.717, 1.165) is 39.2 Å². The molecule has 1 aromatic heterocycles. The van der Waals surface area contributed by atoms with Gasteiger partial charge in [-0.1, -0.05) is 0 Å². The lowest BCUT2D eigenvalue weighted by atomic mass is 9.95. The van der Waals surface area contributed by atoms with Crippen LogP contribution in [0.15, 0.2) is 35.5 Å². The van der Waals surface area contributed by atoms with Crippen molar-refractivity contribution >= 4 is 15.7 Å². The molecule has 3 rings (SSSR count). The van der Waals surface area contributed by atoms with Gasteiger partial charge in [0.25, 0.3) is 10.0 Å². The van der Waals surface area contributed by atoms with Crippen LogP contribution in [0.1, 0.15) is 27.8 Å². The lowest BCUT2D eigenvalue weighted by Gasteiger charge is -2.19. The van der Waals surface area contributed by atoms with Gasteiger partial charge >= 0.3 is 0 Å². The van der Waals surface area contributed by atoms with Gasteiger partial charge in [0.2, 0.25) is 0 Å². The third kappa shape index (κ3) is 3.35. The van der Waals surface area contributed by atoms with E-state index >= 15 is 0 Å². The third-order valence-electron chi connectivity index (χ3n) is 5.31. The fourth-order valence-electron chi connectivity index (χ4n) is 3.31. The van der Waals surface area contributed by atoms with Gasteiger partial charge in [-0.3, -0.25) is 4.72 Å². The lowest BCUT2D eigenvalue weighted by molar-refractivity contribution is 0.599. The fourth-order valence-corrected chi connectivity index (χ4v) is 4.97. The molecule has 0 fully saturated rings. The van der Waals surface area contributed by atoms with E-state index in [-0.39, 0.29) is 0 Å². The molecule has 0 aliphatic rings. The molecule has 0 radical (unpaired) electrons. The Kier molecular flexibility index (Phi) is 4.82. The highest BCUT2D eigenvalue weighted by molar-refractivity contribution is 7.92. The zero-order valence-electron chi connectivity index (χ0n) is 16.5. The largest absolute Gasteiger partial charge is 0.317 e. The van der Waals surface area contributed by atoms with Crippen LogP contribution in [0.25, 0.3) is 11.4 Å². The first-order chi connectivity index (χ1) is 12.6. The summed E-state index contributed by atoms with van der Waals surface area (Å²) in [6, 6.07) is 7.13. The average molecular weight is 385 g/mol. The molecule has 7 heteroatoms. The van der Waals surface area contributed by atoms with Crippen molar-refractivity contribution in [2.24, 2.45) is 7.05 Å². The Morgan fingerprint density at radius 2 is 1.37 bits per heavy atom. The molecule has 0 bridgehead atoms. The monoisotopic (exact) mass is 384 g/mol. The fraction of sp³-hybridized carbons (Fsp3) is 0.300. The van der Waals surface area contributed by atoms with E-state index in [4.69, 9.17) is 0 Å². The summed E-state index contributed by atoms with van der Waals surface area (Å²) in [6.45, 7) is 9.68. The quantitative estimate of drug-likeness (QED) is 0.742. The zero-order valence-corrected chi connectivity index (χ0v) is 17.3. The summed E-state index contributed by atoms with van der Waals surface area (Å²) in [5.41, 5.74) is 6.12. The first kappa shape index (κ1) is 19.1. The SMILES string of the molecule is Cc1c(C)c(C)c(S(=O)(=O)Nc2ccc(-c3nncn3C)cc2)c(C)c1C. The first-order valence-electron chi connectivity index (χ1n) is 8.67. The van der Waals surface area contributed by atoms with Crippen molar-refractivity contribution < 1.29 is 8.42 Å². The van der Waals surface area contributed by atoms with Crippen molar-refractivity contribution in [3.05, 3.63) is 58.4 Å². The average Bonchev–Trinajstić information content (AvgIpc) is 3.04. The maximum absolute atomic E-state index is 13.1. The summed E-state index contributed by atoms with van der Waals surface area (Å²) < 4.78 is 30.7. The maximum Gasteiger partial charge on any atom is 0.262 e. The van der Waals surface area contributed by atoms with E-state index in [2.05, 4.69) is 14.9 Å². The van der Waals surface area contributed by atoms with E-state index in [1.54, 1.807) is 18.5 Å². The second-order valence-electron chi connectivity index (χ2n) is 6.90. The molecule has 0 atom stereocenters. The van der Waals surface area contributed by atoms with Gasteiger partial charge in [0.05, 0.1) is 4.90 Å². The van der Waals surface area contributed by atoms with Crippen molar-refractivity contribution in [1.82, 2.24) is 14.8 Å². The van der Waals surface area contributed by atoms with E-state index < -0.39 is 10.0 Å². The van der Waals surface area contributed by atoms with E-state index in [0.29, 0.717) is 10.6 Å². The minimum Gasteiger partial charge on any atom is -0.317 e.